The lowest BCUT2D eigenvalue weighted by molar-refractivity contribution is 0.101. The van der Waals surface area contributed by atoms with Gasteiger partial charge in [0.05, 0.1) is 11.1 Å². The standard InChI is InChI=1S/C12H14O3/c1-7(2)9-4-10(6-13)12(15)11(5-9)8(3)14/h4-7,15H,1-3H3. The molecule has 0 spiro atoms. The van der Waals surface area contributed by atoms with Crippen molar-refractivity contribution in [3.8, 4) is 5.75 Å². The quantitative estimate of drug-likeness (QED) is 0.610. The molecule has 0 atom stereocenters. The van der Waals surface area contributed by atoms with Crippen molar-refractivity contribution in [3.05, 3.63) is 28.8 Å². The Morgan fingerprint density at radius 3 is 2.40 bits per heavy atom. The molecule has 1 aromatic carbocycles. The topological polar surface area (TPSA) is 54.4 Å². The van der Waals surface area contributed by atoms with Gasteiger partial charge < -0.3 is 5.11 Å². The number of Topliss-reactive ketones (excluding diaryl/α,β-unsaturated/α-hetero) is 1. The van der Waals surface area contributed by atoms with Crippen LogP contribution < -0.4 is 0 Å². The van der Waals surface area contributed by atoms with Gasteiger partial charge in [0.15, 0.2) is 12.1 Å². The van der Waals surface area contributed by atoms with Crippen LogP contribution in [-0.2, 0) is 0 Å². The molecule has 0 aliphatic carbocycles. The Kier molecular flexibility index (Phi) is 3.24. The third kappa shape index (κ3) is 2.24. The van der Waals surface area contributed by atoms with Crippen molar-refractivity contribution < 1.29 is 14.7 Å². The number of ketones is 1. The van der Waals surface area contributed by atoms with Crippen molar-refractivity contribution in [2.45, 2.75) is 26.7 Å². The van der Waals surface area contributed by atoms with Crippen molar-refractivity contribution in [1.82, 2.24) is 0 Å². The fourth-order valence-electron chi connectivity index (χ4n) is 1.37. The Hall–Kier alpha value is -1.64. The number of hydrogen-bond donors (Lipinski definition) is 1. The Balaban J connectivity index is 3.45. The maximum Gasteiger partial charge on any atom is 0.163 e. The maximum absolute atomic E-state index is 11.2. The fraction of sp³-hybridized carbons (Fsp3) is 0.333. The Labute approximate surface area is 88.7 Å². The van der Waals surface area contributed by atoms with Crippen molar-refractivity contribution in [2.75, 3.05) is 0 Å². The molecule has 15 heavy (non-hydrogen) atoms. The van der Waals surface area contributed by atoms with Gasteiger partial charge in [-0.05, 0) is 30.5 Å². The Morgan fingerprint density at radius 2 is 2.00 bits per heavy atom. The van der Waals surface area contributed by atoms with Gasteiger partial charge in [-0.25, -0.2) is 0 Å². The summed E-state index contributed by atoms with van der Waals surface area (Å²) in [7, 11) is 0. The molecule has 3 nitrogen and oxygen atoms in total. The molecule has 0 heterocycles. The summed E-state index contributed by atoms with van der Waals surface area (Å²) >= 11 is 0. The van der Waals surface area contributed by atoms with E-state index in [2.05, 4.69) is 0 Å². The zero-order chi connectivity index (χ0) is 11.6. The number of aromatic hydroxyl groups is 1. The minimum atomic E-state index is -0.238. The third-order valence-corrected chi connectivity index (χ3v) is 2.33. The maximum atomic E-state index is 11.2. The zero-order valence-electron chi connectivity index (χ0n) is 9.07. The second-order valence-corrected chi connectivity index (χ2v) is 3.84. The van der Waals surface area contributed by atoms with Crippen molar-refractivity contribution in [3.63, 3.8) is 0 Å². The van der Waals surface area contributed by atoms with Crippen LogP contribution in [0.25, 0.3) is 0 Å². The van der Waals surface area contributed by atoms with E-state index < -0.39 is 0 Å². The van der Waals surface area contributed by atoms with E-state index >= 15 is 0 Å². The number of benzene rings is 1. The third-order valence-electron chi connectivity index (χ3n) is 2.33. The van der Waals surface area contributed by atoms with Crippen LogP contribution in [0.15, 0.2) is 12.1 Å². The molecular formula is C12H14O3. The molecule has 0 amide bonds. The van der Waals surface area contributed by atoms with Crippen LogP contribution in [0.5, 0.6) is 5.75 Å². The largest absolute Gasteiger partial charge is 0.506 e. The second kappa shape index (κ2) is 4.26. The first-order valence-corrected chi connectivity index (χ1v) is 4.80. The highest BCUT2D eigenvalue weighted by molar-refractivity contribution is 5.99. The highest BCUT2D eigenvalue weighted by Crippen LogP contribution is 2.27. The first-order chi connectivity index (χ1) is 6.97. The molecule has 0 bridgehead atoms. The summed E-state index contributed by atoms with van der Waals surface area (Å²) in [5.41, 5.74) is 1.26. The predicted octanol–water partition coefficient (Wildman–Crippen LogP) is 2.53. The van der Waals surface area contributed by atoms with Gasteiger partial charge in [0.25, 0.3) is 0 Å². The summed E-state index contributed by atoms with van der Waals surface area (Å²) in [6, 6.07) is 3.24. The van der Waals surface area contributed by atoms with Crippen LogP contribution in [-0.4, -0.2) is 17.2 Å². The van der Waals surface area contributed by atoms with E-state index in [0.29, 0.717) is 6.29 Å². The van der Waals surface area contributed by atoms with Crippen molar-refractivity contribution in [2.24, 2.45) is 0 Å². The average Bonchev–Trinajstić information content (AvgIpc) is 2.17. The molecule has 0 unspecified atom stereocenters. The zero-order valence-corrected chi connectivity index (χ0v) is 9.07. The molecule has 0 fully saturated rings. The predicted molar refractivity (Wildman–Crippen MR) is 57.6 cm³/mol. The van der Waals surface area contributed by atoms with Crippen LogP contribution in [0, 0.1) is 0 Å². The summed E-state index contributed by atoms with van der Waals surface area (Å²) in [5.74, 6) is -0.248. The lowest BCUT2D eigenvalue weighted by Gasteiger charge is -2.10. The summed E-state index contributed by atoms with van der Waals surface area (Å²) < 4.78 is 0. The van der Waals surface area contributed by atoms with Crippen molar-refractivity contribution >= 4 is 12.1 Å². The van der Waals surface area contributed by atoms with Gasteiger partial charge in [-0.15, -0.1) is 0 Å². The van der Waals surface area contributed by atoms with Gasteiger partial charge >= 0.3 is 0 Å². The first kappa shape index (κ1) is 11.4. The monoisotopic (exact) mass is 206 g/mol. The van der Waals surface area contributed by atoms with Crippen LogP contribution >= 0.6 is 0 Å². The normalized spacial score (nSPS) is 10.4. The molecule has 0 saturated heterocycles. The molecule has 3 heteroatoms. The molecule has 1 rings (SSSR count). The van der Waals surface area contributed by atoms with Gasteiger partial charge in [0.1, 0.15) is 5.75 Å². The molecular weight excluding hydrogens is 192 g/mol. The molecule has 0 aliphatic heterocycles. The van der Waals surface area contributed by atoms with E-state index in [1.807, 2.05) is 13.8 Å². The van der Waals surface area contributed by atoms with Crippen LogP contribution in [0.3, 0.4) is 0 Å². The molecule has 1 aromatic rings. The number of rotatable bonds is 3. The Morgan fingerprint density at radius 1 is 1.40 bits per heavy atom. The molecule has 0 saturated carbocycles. The number of carbonyl (C=O) groups excluding carboxylic acids is 2. The lowest BCUT2D eigenvalue weighted by atomic mass is 9.96. The van der Waals surface area contributed by atoms with Crippen LogP contribution in [0.2, 0.25) is 0 Å². The second-order valence-electron chi connectivity index (χ2n) is 3.84. The number of hydrogen-bond acceptors (Lipinski definition) is 3. The van der Waals surface area contributed by atoms with Gasteiger partial charge in [0.2, 0.25) is 0 Å². The van der Waals surface area contributed by atoms with E-state index in [4.69, 9.17) is 0 Å². The summed E-state index contributed by atoms with van der Waals surface area (Å²) in [5, 5.41) is 9.61. The van der Waals surface area contributed by atoms with Gasteiger partial charge in [-0.2, -0.15) is 0 Å². The molecule has 0 radical (unpaired) electrons. The van der Waals surface area contributed by atoms with Gasteiger partial charge in [0, 0.05) is 0 Å². The highest BCUT2D eigenvalue weighted by Gasteiger charge is 2.14. The lowest BCUT2D eigenvalue weighted by Crippen LogP contribution is -2.00. The minimum absolute atomic E-state index is 0.173. The van der Waals surface area contributed by atoms with E-state index in [1.165, 1.54) is 6.92 Å². The van der Waals surface area contributed by atoms with E-state index in [-0.39, 0.29) is 28.6 Å². The average molecular weight is 206 g/mol. The summed E-state index contributed by atoms with van der Waals surface area (Å²) in [6.45, 7) is 5.30. The highest BCUT2D eigenvalue weighted by atomic mass is 16.3. The summed E-state index contributed by atoms with van der Waals surface area (Å²) in [6.07, 6.45) is 0.563. The molecule has 0 aromatic heterocycles. The van der Waals surface area contributed by atoms with Gasteiger partial charge in [-0.3, -0.25) is 9.59 Å². The van der Waals surface area contributed by atoms with Crippen LogP contribution in [0.4, 0.5) is 0 Å². The molecule has 0 aliphatic rings. The molecule has 80 valence electrons. The number of aldehydes is 1. The SMILES string of the molecule is CC(=O)c1cc(C(C)C)cc(C=O)c1O. The smallest absolute Gasteiger partial charge is 0.163 e. The van der Waals surface area contributed by atoms with E-state index in [0.717, 1.165) is 5.56 Å². The Bertz CT molecular complexity index is 406. The summed E-state index contributed by atoms with van der Waals surface area (Å²) in [4.78, 5) is 21.9. The van der Waals surface area contributed by atoms with E-state index in [9.17, 15) is 14.7 Å². The first-order valence-electron chi connectivity index (χ1n) is 4.80. The minimum Gasteiger partial charge on any atom is -0.506 e. The fourth-order valence-corrected chi connectivity index (χ4v) is 1.37. The van der Waals surface area contributed by atoms with Gasteiger partial charge in [-0.1, -0.05) is 13.8 Å². The number of carbonyl (C=O) groups is 2. The number of phenols is 1. The number of phenolic OH excluding ortho intramolecular Hbond substituents is 1. The van der Waals surface area contributed by atoms with E-state index in [1.54, 1.807) is 12.1 Å². The van der Waals surface area contributed by atoms with Crippen molar-refractivity contribution in [1.29, 1.82) is 0 Å². The molecule has 1 N–H and O–H groups in total. The van der Waals surface area contributed by atoms with Crippen LogP contribution in [0.1, 0.15) is 53.0 Å².